The molecule has 0 spiro atoms. The number of nitrogens with zero attached hydrogens (tertiary/aromatic N) is 3. The standard InChI is InChI=1S/C18H19N3O3/c1-22-18-15(10-13-4-2-3-5-16(13)20-18)17-19-6-7-21(17)11-14-12-23-8-9-24-14/h2-7,10,14H,8-9,11-12H2,1H3. The summed E-state index contributed by atoms with van der Waals surface area (Å²) in [6.07, 6.45) is 3.77. The molecule has 6 nitrogen and oxygen atoms in total. The summed E-state index contributed by atoms with van der Waals surface area (Å²) >= 11 is 0. The van der Waals surface area contributed by atoms with E-state index in [0.717, 1.165) is 22.3 Å². The number of aromatic nitrogens is 3. The molecule has 0 bridgehead atoms. The Morgan fingerprint density at radius 2 is 2.21 bits per heavy atom. The molecule has 124 valence electrons. The monoisotopic (exact) mass is 325 g/mol. The number of pyridine rings is 1. The van der Waals surface area contributed by atoms with Crippen LogP contribution in [-0.2, 0) is 16.0 Å². The predicted molar refractivity (Wildman–Crippen MR) is 90.1 cm³/mol. The van der Waals surface area contributed by atoms with Crippen LogP contribution in [-0.4, -0.2) is 47.6 Å². The summed E-state index contributed by atoms with van der Waals surface area (Å²) < 4.78 is 18.8. The van der Waals surface area contributed by atoms with Crippen molar-refractivity contribution in [1.29, 1.82) is 0 Å². The molecule has 2 aromatic heterocycles. The van der Waals surface area contributed by atoms with Crippen LogP contribution in [0.1, 0.15) is 0 Å². The van der Waals surface area contributed by atoms with E-state index in [0.29, 0.717) is 32.2 Å². The number of methoxy groups -OCH3 is 1. The highest BCUT2D eigenvalue weighted by Gasteiger charge is 2.19. The molecule has 24 heavy (non-hydrogen) atoms. The molecular weight excluding hydrogens is 306 g/mol. The molecule has 1 aliphatic rings. The lowest BCUT2D eigenvalue weighted by Crippen LogP contribution is -2.32. The number of para-hydroxylation sites is 1. The highest BCUT2D eigenvalue weighted by molar-refractivity contribution is 5.84. The van der Waals surface area contributed by atoms with Gasteiger partial charge in [-0.15, -0.1) is 0 Å². The minimum atomic E-state index is 0.0334. The Morgan fingerprint density at radius 3 is 3.04 bits per heavy atom. The van der Waals surface area contributed by atoms with Crippen LogP contribution < -0.4 is 4.74 Å². The fourth-order valence-electron chi connectivity index (χ4n) is 2.98. The van der Waals surface area contributed by atoms with E-state index in [1.54, 1.807) is 13.3 Å². The first-order valence-corrected chi connectivity index (χ1v) is 8.00. The molecule has 1 atom stereocenters. The molecule has 0 saturated carbocycles. The number of imidazole rings is 1. The zero-order valence-corrected chi connectivity index (χ0v) is 13.5. The van der Waals surface area contributed by atoms with Crippen LogP contribution in [0.2, 0.25) is 0 Å². The molecule has 1 aliphatic heterocycles. The Kier molecular flexibility index (Phi) is 4.15. The van der Waals surface area contributed by atoms with Gasteiger partial charge in [-0.25, -0.2) is 9.97 Å². The summed E-state index contributed by atoms with van der Waals surface area (Å²) in [6, 6.07) is 10.0. The van der Waals surface area contributed by atoms with Crippen molar-refractivity contribution in [2.24, 2.45) is 0 Å². The Balaban J connectivity index is 1.73. The van der Waals surface area contributed by atoms with Gasteiger partial charge >= 0.3 is 0 Å². The third-order valence-corrected chi connectivity index (χ3v) is 4.12. The van der Waals surface area contributed by atoms with E-state index in [1.807, 2.05) is 30.5 Å². The van der Waals surface area contributed by atoms with E-state index in [1.165, 1.54) is 0 Å². The molecule has 0 aliphatic carbocycles. The number of fused-ring (bicyclic) bond motifs is 1. The van der Waals surface area contributed by atoms with Crippen LogP contribution >= 0.6 is 0 Å². The summed E-state index contributed by atoms with van der Waals surface area (Å²) in [5.74, 6) is 1.39. The highest BCUT2D eigenvalue weighted by Crippen LogP contribution is 2.30. The lowest BCUT2D eigenvalue weighted by molar-refractivity contribution is -0.0934. The van der Waals surface area contributed by atoms with E-state index in [-0.39, 0.29) is 6.10 Å². The maximum absolute atomic E-state index is 5.75. The van der Waals surface area contributed by atoms with E-state index in [4.69, 9.17) is 14.2 Å². The molecule has 3 aromatic rings. The molecule has 0 N–H and O–H groups in total. The molecule has 3 heterocycles. The van der Waals surface area contributed by atoms with Crippen LogP contribution in [0, 0.1) is 0 Å². The van der Waals surface area contributed by atoms with Crippen molar-refractivity contribution in [1.82, 2.24) is 14.5 Å². The highest BCUT2D eigenvalue weighted by atomic mass is 16.6. The minimum Gasteiger partial charge on any atom is -0.480 e. The second kappa shape index (κ2) is 6.59. The lowest BCUT2D eigenvalue weighted by atomic mass is 10.1. The van der Waals surface area contributed by atoms with Crippen molar-refractivity contribution in [3.05, 3.63) is 42.7 Å². The predicted octanol–water partition coefficient (Wildman–Crippen LogP) is 2.52. The summed E-state index contributed by atoms with van der Waals surface area (Å²) in [6.45, 7) is 2.58. The molecule has 0 radical (unpaired) electrons. The zero-order valence-electron chi connectivity index (χ0n) is 13.5. The molecule has 1 unspecified atom stereocenters. The maximum atomic E-state index is 5.75. The van der Waals surface area contributed by atoms with Crippen LogP contribution in [0.25, 0.3) is 22.3 Å². The van der Waals surface area contributed by atoms with E-state index >= 15 is 0 Å². The first-order valence-electron chi connectivity index (χ1n) is 8.00. The fraction of sp³-hybridized carbons (Fsp3) is 0.333. The molecule has 0 amide bonds. The second-order valence-corrected chi connectivity index (χ2v) is 5.71. The minimum absolute atomic E-state index is 0.0334. The molecule has 1 fully saturated rings. The van der Waals surface area contributed by atoms with E-state index in [2.05, 4.69) is 20.6 Å². The lowest BCUT2D eigenvalue weighted by Gasteiger charge is -2.24. The fourth-order valence-corrected chi connectivity index (χ4v) is 2.98. The van der Waals surface area contributed by atoms with Gasteiger partial charge in [0.2, 0.25) is 5.88 Å². The van der Waals surface area contributed by atoms with Gasteiger partial charge in [0.25, 0.3) is 0 Å². The molecule has 4 rings (SSSR count). The average Bonchev–Trinajstić information content (AvgIpc) is 3.09. The summed E-state index contributed by atoms with van der Waals surface area (Å²) in [5, 5.41) is 1.06. The van der Waals surface area contributed by atoms with Gasteiger partial charge in [0.05, 0.1) is 50.7 Å². The maximum Gasteiger partial charge on any atom is 0.224 e. The first kappa shape index (κ1) is 15.1. The Morgan fingerprint density at radius 1 is 1.29 bits per heavy atom. The van der Waals surface area contributed by atoms with Crippen LogP contribution in [0.15, 0.2) is 42.7 Å². The van der Waals surface area contributed by atoms with E-state index < -0.39 is 0 Å². The number of ether oxygens (including phenoxy) is 3. The van der Waals surface area contributed by atoms with Crippen molar-refractivity contribution in [3.8, 4) is 17.3 Å². The SMILES string of the molecule is COc1nc2ccccc2cc1-c1nccn1CC1COCCO1. The average molecular weight is 325 g/mol. The number of hydrogen-bond acceptors (Lipinski definition) is 5. The molecule has 6 heteroatoms. The Hall–Kier alpha value is -2.44. The van der Waals surface area contributed by atoms with Gasteiger partial charge < -0.3 is 18.8 Å². The van der Waals surface area contributed by atoms with Gasteiger partial charge in [-0.1, -0.05) is 18.2 Å². The Labute approximate surface area is 140 Å². The Bertz CT molecular complexity index is 840. The van der Waals surface area contributed by atoms with Gasteiger partial charge in [-0.3, -0.25) is 0 Å². The topological polar surface area (TPSA) is 58.4 Å². The van der Waals surface area contributed by atoms with Crippen molar-refractivity contribution in [2.75, 3.05) is 26.9 Å². The van der Waals surface area contributed by atoms with Crippen molar-refractivity contribution < 1.29 is 14.2 Å². The largest absolute Gasteiger partial charge is 0.480 e. The first-order chi connectivity index (χ1) is 11.8. The third-order valence-electron chi connectivity index (χ3n) is 4.12. The number of hydrogen-bond donors (Lipinski definition) is 0. The number of benzene rings is 1. The van der Waals surface area contributed by atoms with Gasteiger partial charge in [0.15, 0.2) is 0 Å². The van der Waals surface area contributed by atoms with Gasteiger partial charge in [-0.05, 0) is 12.1 Å². The molecule has 1 aromatic carbocycles. The smallest absolute Gasteiger partial charge is 0.224 e. The molecule has 1 saturated heterocycles. The summed E-state index contributed by atoms with van der Waals surface area (Å²) in [7, 11) is 1.63. The third kappa shape index (κ3) is 2.86. The normalized spacial score (nSPS) is 18.0. The van der Waals surface area contributed by atoms with Crippen molar-refractivity contribution in [2.45, 2.75) is 12.6 Å². The second-order valence-electron chi connectivity index (χ2n) is 5.71. The van der Waals surface area contributed by atoms with Gasteiger partial charge in [0, 0.05) is 17.8 Å². The van der Waals surface area contributed by atoms with Gasteiger partial charge in [0.1, 0.15) is 5.82 Å². The van der Waals surface area contributed by atoms with Crippen LogP contribution in [0.4, 0.5) is 0 Å². The van der Waals surface area contributed by atoms with Crippen LogP contribution in [0.3, 0.4) is 0 Å². The zero-order chi connectivity index (χ0) is 16.4. The van der Waals surface area contributed by atoms with Crippen molar-refractivity contribution in [3.63, 3.8) is 0 Å². The van der Waals surface area contributed by atoms with E-state index in [9.17, 15) is 0 Å². The summed E-state index contributed by atoms with van der Waals surface area (Å²) in [5.41, 5.74) is 1.78. The number of rotatable bonds is 4. The molecular formula is C18H19N3O3. The quantitative estimate of drug-likeness (QED) is 0.738. The van der Waals surface area contributed by atoms with Crippen molar-refractivity contribution >= 4 is 10.9 Å². The van der Waals surface area contributed by atoms with Gasteiger partial charge in [-0.2, -0.15) is 0 Å². The van der Waals surface area contributed by atoms with Crippen LogP contribution in [0.5, 0.6) is 5.88 Å². The summed E-state index contributed by atoms with van der Waals surface area (Å²) in [4.78, 5) is 9.12.